The van der Waals surface area contributed by atoms with E-state index < -0.39 is 5.54 Å². The van der Waals surface area contributed by atoms with Gasteiger partial charge in [-0.2, -0.15) is 0 Å². The van der Waals surface area contributed by atoms with Crippen LogP contribution < -0.4 is 11.1 Å². The van der Waals surface area contributed by atoms with Crippen LogP contribution in [0.5, 0.6) is 0 Å². The van der Waals surface area contributed by atoms with Gasteiger partial charge in [0.05, 0.1) is 0 Å². The predicted molar refractivity (Wildman–Crippen MR) is 150 cm³/mol. The molecule has 0 bridgehead atoms. The first-order chi connectivity index (χ1) is 17.6. The topological polar surface area (TPSA) is 88.3 Å². The molecule has 0 spiro atoms. The van der Waals surface area contributed by atoms with Gasteiger partial charge in [-0.1, -0.05) is 54.6 Å². The Morgan fingerprint density at radius 2 is 1.57 bits per heavy atom. The summed E-state index contributed by atoms with van der Waals surface area (Å²) in [7, 11) is 3.61. The fourth-order valence-corrected chi connectivity index (χ4v) is 5.12. The van der Waals surface area contributed by atoms with Crippen molar-refractivity contribution in [3.05, 3.63) is 72.4 Å². The standard InChI is InChI=1S/C31H38N4O2/c1-31(2,32)25-16-14-23(15-17-25)27-20-33-28(19-26(27)22-8-6-5-7-9-22)34-29(36)18-21-10-12-24(13-11-21)30(37)35(3)4/h5-9,14-17,19-21,24H,10-13,18,32H2,1-4H3,(H,33,34,36). The number of amides is 2. The van der Waals surface area contributed by atoms with Gasteiger partial charge in [-0.15, -0.1) is 0 Å². The molecule has 0 saturated heterocycles. The van der Waals surface area contributed by atoms with E-state index in [1.807, 2.05) is 44.3 Å². The van der Waals surface area contributed by atoms with E-state index in [1.165, 1.54) is 0 Å². The maximum atomic E-state index is 12.9. The summed E-state index contributed by atoms with van der Waals surface area (Å²) < 4.78 is 0. The van der Waals surface area contributed by atoms with Gasteiger partial charge in [0.25, 0.3) is 0 Å². The molecule has 0 atom stereocenters. The summed E-state index contributed by atoms with van der Waals surface area (Å²) in [6.07, 6.45) is 5.77. The largest absolute Gasteiger partial charge is 0.349 e. The molecule has 1 aliphatic carbocycles. The minimum Gasteiger partial charge on any atom is -0.349 e. The first-order valence-corrected chi connectivity index (χ1v) is 13.1. The van der Waals surface area contributed by atoms with Gasteiger partial charge < -0.3 is 16.0 Å². The molecule has 1 aliphatic rings. The third-order valence-corrected chi connectivity index (χ3v) is 7.31. The maximum Gasteiger partial charge on any atom is 0.225 e. The smallest absolute Gasteiger partial charge is 0.225 e. The SMILES string of the molecule is CN(C)C(=O)C1CCC(CC(=O)Nc2cc(-c3ccccc3)c(-c3ccc(C(C)(C)N)cc3)cn2)CC1. The summed E-state index contributed by atoms with van der Waals surface area (Å²) >= 11 is 0. The molecule has 1 aromatic heterocycles. The number of benzene rings is 2. The number of aromatic nitrogens is 1. The molecule has 0 aliphatic heterocycles. The lowest BCUT2D eigenvalue weighted by Gasteiger charge is -2.29. The second kappa shape index (κ2) is 11.3. The number of anilines is 1. The van der Waals surface area contributed by atoms with Crippen molar-refractivity contribution in [1.82, 2.24) is 9.88 Å². The highest BCUT2D eigenvalue weighted by molar-refractivity contribution is 5.92. The molecule has 194 valence electrons. The van der Waals surface area contributed by atoms with Crippen LogP contribution >= 0.6 is 0 Å². The molecule has 1 heterocycles. The zero-order valence-electron chi connectivity index (χ0n) is 22.3. The van der Waals surface area contributed by atoms with Crippen LogP contribution in [0.25, 0.3) is 22.3 Å². The number of hydrogen-bond donors (Lipinski definition) is 2. The van der Waals surface area contributed by atoms with Crippen LogP contribution in [-0.4, -0.2) is 35.8 Å². The monoisotopic (exact) mass is 498 g/mol. The van der Waals surface area contributed by atoms with E-state index in [0.717, 1.165) is 53.5 Å². The quantitative estimate of drug-likeness (QED) is 0.429. The lowest BCUT2D eigenvalue weighted by Crippen LogP contribution is -2.32. The van der Waals surface area contributed by atoms with Gasteiger partial charge in [-0.3, -0.25) is 9.59 Å². The van der Waals surface area contributed by atoms with Crippen molar-refractivity contribution in [2.75, 3.05) is 19.4 Å². The molecule has 1 fully saturated rings. The van der Waals surface area contributed by atoms with Crippen LogP contribution in [0, 0.1) is 11.8 Å². The van der Waals surface area contributed by atoms with Crippen LogP contribution in [0.3, 0.4) is 0 Å². The molecular weight excluding hydrogens is 460 g/mol. The van der Waals surface area contributed by atoms with Crippen molar-refractivity contribution in [3.63, 3.8) is 0 Å². The summed E-state index contributed by atoms with van der Waals surface area (Å²) in [5.41, 5.74) is 11.0. The van der Waals surface area contributed by atoms with Crippen molar-refractivity contribution >= 4 is 17.6 Å². The van der Waals surface area contributed by atoms with Gasteiger partial charge in [0.15, 0.2) is 0 Å². The van der Waals surface area contributed by atoms with Gasteiger partial charge in [-0.25, -0.2) is 4.98 Å². The first kappa shape index (κ1) is 26.6. The van der Waals surface area contributed by atoms with Crippen LogP contribution in [0.2, 0.25) is 0 Å². The van der Waals surface area contributed by atoms with E-state index in [2.05, 4.69) is 46.7 Å². The Bertz CT molecular complexity index is 1220. The van der Waals surface area contributed by atoms with Crippen molar-refractivity contribution in [1.29, 1.82) is 0 Å². The van der Waals surface area contributed by atoms with E-state index in [-0.39, 0.29) is 17.7 Å². The van der Waals surface area contributed by atoms with Crippen molar-refractivity contribution in [2.45, 2.75) is 51.5 Å². The fourth-order valence-electron chi connectivity index (χ4n) is 5.12. The van der Waals surface area contributed by atoms with Gasteiger partial charge in [0, 0.05) is 43.7 Å². The number of carbonyl (C=O) groups excluding carboxylic acids is 2. The van der Waals surface area contributed by atoms with Gasteiger partial charge in [0.2, 0.25) is 11.8 Å². The number of hydrogen-bond acceptors (Lipinski definition) is 4. The third kappa shape index (κ3) is 6.63. The van der Waals surface area contributed by atoms with Crippen LogP contribution in [0.4, 0.5) is 5.82 Å². The van der Waals surface area contributed by atoms with Crippen LogP contribution in [-0.2, 0) is 15.1 Å². The molecule has 3 N–H and O–H groups in total. The van der Waals surface area contributed by atoms with E-state index in [1.54, 1.807) is 19.0 Å². The summed E-state index contributed by atoms with van der Waals surface area (Å²) in [6.45, 7) is 3.98. The normalized spacial score (nSPS) is 17.8. The van der Waals surface area contributed by atoms with Gasteiger partial charge in [0.1, 0.15) is 5.82 Å². The lowest BCUT2D eigenvalue weighted by molar-refractivity contribution is -0.134. The van der Waals surface area contributed by atoms with Crippen molar-refractivity contribution in [2.24, 2.45) is 17.6 Å². The average molecular weight is 499 g/mol. The number of nitrogens with two attached hydrogens (primary N) is 1. The zero-order chi connectivity index (χ0) is 26.6. The fraction of sp³-hybridized carbons (Fsp3) is 0.387. The highest BCUT2D eigenvalue weighted by Gasteiger charge is 2.28. The molecule has 0 unspecified atom stereocenters. The second-order valence-corrected chi connectivity index (χ2v) is 11.0. The molecular formula is C31H38N4O2. The third-order valence-electron chi connectivity index (χ3n) is 7.31. The lowest BCUT2D eigenvalue weighted by atomic mass is 9.80. The van der Waals surface area contributed by atoms with Crippen molar-refractivity contribution < 1.29 is 9.59 Å². The molecule has 3 aromatic rings. The molecule has 37 heavy (non-hydrogen) atoms. The molecule has 2 aromatic carbocycles. The Morgan fingerprint density at radius 3 is 2.16 bits per heavy atom. The van der Waals surface area contributed by atoms with E-state index in [4.69, 9.17) is 5.73 Å². The van der Waals surface area contributed by atoms with E-state index in [0.29, 0.717) is 18.2 Å². The summed E-state index contributed by atoms with van der Waals surface area (Å²) in [4.78, 5) is 31.4. The van der Waals surface area contributed by atoms with Crippen molar-refractivity contribution in [3.8, 4) is 22.3 Å². The summed E-state index contributed by atoms with van der Waals surface area (Å²) in [6, 6.07) is 20.4. The Labute approximate surface area is 220 Å². The molecule has 4 rings (SSSR count). The first-order valence-electron chi connectivity index (χ1n) is 13.1. The van der Waals surface area contributed by atoms with Crippen LogP contribution in [0.1, 0.15) is 51.5 Å². The highest BCUT2D eigenvalue weighted by atomic mass is 16.2. The second-order valence-electron chi connectivity index (χ2n) is 11.0. The molecule has 6 nitrogen and oxygen atoms in total. The highest BCUT2D eigenvalue weighted by Crippen LogP contribution is 2.35. The number of carbonyl (C=O) groups is 2. The molecule has 2 amide bonds. The summed E-state index contributed by atoms with van der Waals surface area (Å²) in [5, 5.41) is 3.02. The number of nitrogens with zero attached hydrogens (tertiary/aromatic N) is 2. The average Bonchev–Trinajstić information content (AvgIpc) is 2.88. The molecule has 1 saturated carbocycles. The maximum absolute atomic E-state index is 12.9. The Balaban J connectivity index is 1.49. The zero-order valence-corrected chi connectivity index (χ0v) is 22.3. The Kier molecular flexibility index (Phi) is 8.08. The number of rotatable bonds is 7. The van der Waals surface area contributed by atoms with E-state index >= 15 is 0 Å². The number of pyridine rings is 1. The van der Waals surface area contributed by atoms with Crippen LogP contribution in [0.15, 0.2) is 66.9 Å². The van der Waals surface area contributed by atoms with Gasteiger partial charge >= 0.3 is 0 Å². The Hall–Kier alpha value is -3.51. The van der Waals surface area contributed by atoms with Gasteiger partial charge in [-0.05, 0) is 73.8 Å². The van der Waals surface area contributed by atoms with E-state index in [9.17, 15) is 9.59 Å². The minimum atomic E-state index is -0.408. The minimum absolute atomic E-state index is 0.0313. The Morgan fingerprint density at radius 1 is 0.946 bits per heavy atom. The molecule has 0 radical (unpaired) electrons. The number of nitrogens with one attached hydrogen (secondary N) is 1. The summed E-state index contributed by atoms with van der Waals surface area (Å²) in [5.74, 6) is 1.09. The molecule has 6 heteroatoms. The predicted octanol–water partition coefficient (Wildman–Crippen LogP) is 5.83.